The lowest BCUT2D eigenvalue weighted by Crippen LogP contribution is -1.94. The molecule has 12 heavy (non-hydrogen) atoms. The lowest BCUT2D eigenvalue weighted by molar-refractivity contribution is 0.198. The molecule has 0 aromatic carbocycles. The highest BCUT2D eigenvalue weighted by Gasteiger charge is 1.84. The minimum Gasteiger partial charge on any atom is -0.393 e. The van der Waals surface area contributed by atoms with Gasteiger partial charge in [-0.3, -0.25) is 0 Å². The number of aliphatic hydroxyl groups is 2. The topological polar surface area (TPSA) is 40.5 Å². The molecule has 0 spiro atoms. The maximum absolute atomic E-state index is 8.48. The molecule has 0 amide bonds. The molecule has 0 aliphatic heterocycles. The maximum Gasteiger partial charge on any atom is 0.0546 e. The van der Waals surface area contributed by atoms with E-state index >= 15 is 0 Å². The van der Waals surface area contributed by atoms with Crippen LogP contribution in [0.4, 0.5) is 0 Å². The summed E-state index contributed by atoms with van der Waals surface area (Å²) in [5.74, 6) is 0. The second kappa shape index (κ2) is 10.4. The number of hydrogen-bond donors (Lipinski definition) is 2. The molecule has 0 aliphatic carbocycles. The van der Waals surface area contributed by atoms with Crippen molar-refractivity contribution in [2.45, 2.75) is 38.9 Å². The van der Waals surface area contributed by atoms with Crippen LogP contribution >= 0.6 is 0 Å². The SMILES string of the molecule is C=CC[C@@H](C)O.C=CC[C@@H](C)O. The fraction of sp³-hybridized carbons (Fsp3) is 0.600. The van der Waals surface area contributed by atoms with Gasteiger partial charge < -0.3 is 10.2 Å². The highest BCUT2D eigenvalue weighted by molar-refractivity contribution is 4.68. The summed E-state index contributed by atoms with van der Waals surface area (Å²) in [5.41, 5.74) is 0. The molecule has 2 atom stereocenters. The second-order valence-corrected chi connectivity index (χ2v) is 2.75. The van der Waals surface area contributed by atoms with Gasteiger partial charge in [0, 0.05) is 0 Å². The second-order valence-electron chi connectivity index (χ2n) is 2.75. The average Bonchev–Trinajstić information content (AvgIpc) is 1.87. The van der Waals surface area contributed by atoms with Crippen molar-refractivity contribution in [2.24, 2.45) is 0 Å². The van der Waals surface area contributed by atoms with Crippen LogP contribution in [-0.4, -0.2) is 22.4 Å². The third kappa shape index (κ3) is 22.7. The summed E-state index contributed by atoms with van der Waals surface area (Å²) >= 11 is 0. The Morgan fingerprint density at radius 2 is 1.25 bits per heavy atom. The lowest BCUT2D eigenvalue weighted by Gasteiger charge is -1.92. The first kappa shape index (κ1) is 14.0. The normalized spacial score (nSPS) is 13.7. The highest BCUT2D eigenvalue weighted by Crippen LogP contribution is 1.86. The number of aliphatic hydroxyl groups excluding tert-OH is 2. The van der Waals surface area contributed by atoms with E-state index < -0.39 is 0 Å². The van der Waals surface area contributed by atoms with Crippen molar-refractivity contribution in [1.82, 2.24) is 0 Å². The zero-order valence-corrected chi connectivity index (χ0v) is 8.03. The zero-order chi connectivity index (χ0) is 9.98. The van der Waals surface area contributed by atoms with Gasteiger partial charge in [-0.15, -0.1) is 13.2 Å². The molecule has 0 rings (SSSR count). The van der Waals surface area contributed by atoms with Crippen LogP contribution in [0.3, 0.4) is 0 Å². The minimum atomic E-state index is -0.220. The summed E-state index contributed by atoms with van der Waals surface area (Å²) in [7, 11) is 0. The van der Waals surface area contributed by atoms with Crippen molar-refractivity contribution >= 4 is 0 Å². The van der Waals surface area contributed by atoms with Crippen LogP contribution < -0.4 is 0 Å². The van der Waals surface area contributed by atoms with Gasteiger partial charge in [-0.05, 0) is 26.7 Å². The van der Waals surface area contributed by atoms with Crippen molar-refractivity contribution in [3.63, 3.8) is 0 Å². The standard InChI is InChI=1S/2C5H10O/c2*1-3-4-5(2)6/h2*3,5-6H,1,4H2,2H3/t2*5-/m11/s1. The van der Waals surface area contributed by atoms with Gasteiger partial charge in [0.2, 0.25) is 0 Å². The van der Waals surface area contributed by atoms with Crippen LogP contribution in [0.5, 0.6) is 0 Å². The molecule has 0 aromatic heterocycles. The molecule has 0 bridgehead atoms. The van der Waals surface area contributed by atoms with Crippen LogP contribution in [0.2, 0.25) is 0 Å². The van der Waals surface area contributed by atoms with E-state index in [1.165, 1.54) is 0 Å². The van der Waals surface area contributed by atoms with E-state index in [0.29, 0.717) is 12.8 Å². The van der Waals surface area contributed by atoms with Crippen LogP contribution in [0, 0.1) is 0 Å². The Labute approximate surface area is 75.2 Å². The molecule has 0 fully saturated rings. The van der Waals surface area contributed by atoms with Gasteiger partial charge in [0.15, 0.2) is 0 Å². The number of rotatable bonds is 4. The predicted molar refractivity (Wildman–Crippen MR) is 53.0 cm³/mol. The zero-order valence-electron chi connectivity index (χ0n) is 8.03. The van der Waals surface area contributed by atoms with E-state index in [4.69, 9.17) is 10.2 Å². The third-order valence-corrected chi connectivity index (χ3v) is 1.02. The largest absolute Gasteiger partial charge is 0.393 e. The first-order valence-corrected chi connectivity index (χ1v) is 4.12. The summed E-state index contributed by atoms with van der Waals surface area (Å²) in [4.78, 5) is 0. The molecule has 0 aliphatic rings. The van der Waals surface area contributed by atoms with Crippen LogP contribution in [0.1, 0.15) is 26.7 Å². The van der Waals surface area contributed by atoms with Gasteiger partial charge in [-0.2, -0.15) is 0 Å². The van der Waals surface area contributed by atoms with Crippen LogP contribution in [-0.2, 0) is 0 Å². The first-order chi connectivity index (χ1) is 5.54. The fourth-order valence-electron chi connectivity index (χ4n) is 0.482. The molecule has 72 valence electrons. The molecule has 2 N–H and O–H groups in total. The van der Waals surface area contributed by atoms with Crippen molar-refractivity contribution in [3.05, 3.63) is 25.3 Å². The molecule has 0 unspecified atom stereocenters. The van der Waals surface area contributed by atoms with Crippen molar-refractivity contribution in [3.8, 4) is 0 Å². The smallest absolute Gasteiger partial charge is 0.0546 e. The molecule has 0 heterocycles. The molecular weight excluding hydrogens is 152 g/mol. The molecular formula is C10H20O2. The molecule has 0 aromatic rings. The monoisotopic (exact) mass is 172 g/mol. The van der Waals surface area contributed by atoms with E-state index in [1.807, 2.05) is 0 Å². The Bertz CT molecular complexity index is 92.4. The number of hydrogen-bond acceptors (Lipinski definition) is 2. The Morgan fingerprint density at radius 1 is 1.00 bits per heavy atom. The Morgan fingerprint density at radius 3 is 1.25 bits per heavy atom. The van der Waals surface area contributed by atoms with E-state index in [1.54, 1.807) is 26.0 Å². The highest BCUT2D eigenvalue weighted by atomic mass is 16.3. The molecule has 0 saturated heterocycles. The molecule has 0 radical (unpaired) electrons. The summed E-state index contributed by atoms with van der Waals surface area (Å²) < 4.78 is 0. The summed E-state index contributed by atoms with van der Waals surface area (Å²) in [6.07, 6.45) is 4.35. The molecule has 0 saturated carbocycles. The van der Waals surface area contributed by atoms with Gasteiger partial charge in [0.1, 0.15) is 0 Å². The Kier molecular flexibility index (Phi) is 12.1. The molecule has 2 nitrogen and oxygen atoms in total. The summed E-state index contributed by atoms with van der Waals surface area (Å²) in [6, 6.07) is 0. The fourth-order valence-corrected chi connectivity index (χ4v) is 0.482. The Hall–Kier alpha value is -0.600. The average molecular weight is 172 g/mol. The van der Waals surface area contributed by atoms with Gasteiger partial charge in [0.05, 0.1) is 12.2 Å². The van der Waals surface area contributed by atoms with Crippen LogP contribution in [0.25, 0.3) is 0 Å². The quantitative estimate of drug-likeness (QED) is 0.636. The van der Waals surface area contributed by atoms with Crippen LogP contribution in [0.15, 0.2) is 25.3 Å². The first-order valence-electron chi connectivity index (χ1n) is 4.12. The maximum atomic E-state index is 8.48. The van der Waals surface area contributed by atoms with E-state index in [-0.39, 0.29) is 12.2 Å². The van der Waals surface area contributed by atoms with Gasteiger partial charge in [-0.1, -0.05) is 12.2 Å². The van der Waals surface area contributed by atoms with Gasteiger partial charge >= 0.3 is 0 Å². The van der Waals surface area contributed by atoms with Crippen molar-refractivity contribution in [1.29, 1.82) is 0 Å². The van der Waals surface area contributed by atoms with E-state index in [2.05, 4.69) is 13.2 Å². The van der Waals surface area contributed by atoms with Crippen molar-refractivity contribution < 1.29 is 10.2 Å². The van der Waals surface area contributed by atoms with E-state index in [0.717, 1.165) is 0 Å². The van der Waals surface area contributed by atoms with Gasteiger partial charge in [-0.25, -0.2) is 0 Å². The Balaban J connectivity index is 0. The summed E-state index contributed by atoms with van der Waals surface area (Å²) in [6.45, 7) is 10.4. The third-order valence-electron chi connectivity index (χ3n) is 1.02. The predicted octanol–water partition coefficient (Wildman–Crippen LogP) is 1.89. The summed E-state index contributed by atoms with van der Waals surface area (Å²) in [5, 5.41) is 17.0. The van der Waals surface area contributed by atoms with Gasteiger partial charge in [0.25, 0.3) is 0 Å². The minimum absolute atomic E-state index is 0.220. The van der Waals surface area contributed by atoms with E-state index in [9.17, 15) is 0 Å². The lowest BCUT2D eigenvalue weighted by atomic mass is 10.3. The molecule has 2 heteroatoms. The van der Waals surface area contributed by atoms with Crippen molar-refractivity contribution in [2.75, 3.05) is 0 Å².